The zero-order valence-corrected chi connectivity index (χ0v) is 23.9. The molecule has 208 valence electrons. The maximum atomic E-state index is 13.8. The molecule has 2 aromatic rings. The first-order chi connectivity index (χ1) is 18.1. The van der Waals surface area contributed by atoms with E-state index in [9.17, 15) is 18.0 Å². The van der Waals surface area contributed by atoms with Gasteiger partial charge in [0.1, 0.15) is 18.3 Å². The van der Waals surface area contributed by atoms with Crippen LogP contribution in [0.3, 0.4) is 0 Å². The summed E-state index contributed by atoms with van der Waals surface area (Å²) in [5.41, 5.74) is 1.18. The molecule has 0 spiro atoms. The van der Waals surface area contributed by atoms with Crippen molar-refractivity contribution in [1.29, 1.82) is 0 Å². The topological polar surface area (TPSA) is 96.0 Å². The number of nitrogens with zero attached hydrogens (tertiary/aromatic N) is 2. The predicted octanol–water partition coefficient (Wildman–Crippen LogP) is 4.41. The maximum Gasteiger partial charge on any atom is 0.244 e. The largest absolute Gasteiger partial charge is 0.495 e. The van der Waals surface area contributed by atoms with E-state index >= 15 is 0 Å². The number of halogens is 1. The number of hydrogen-bond acceptors (Lipinski definition) is 5. The van der Waals surface area contributed by atoms with E-state index in [0.717, 1.165) is 41.8 Å². The number of carbonyl (C=O) groups excluding carboxylic acids is 2. The summed E-state index contributed by atoms with van der Waals surface area (Å²) in [4.78, 5) is 28.8. The van der Waals surface area contributed by atoms with Gasteiger partial charge in [0.25, 0.3) is 0 Å². The highest BCUT2D eigenvalue weighted by Crippen LogP contribution is 2.33. The second kappa shape index (κ2) is 13.8. The van der Waals surface area contributed by atoms with Crippen LogP contribution in [0, 0.1) is 0 Å². The number of carbonyl (C=O) groups is 2. The van der Waals surface area contributed by atoms with Crippen molar-refractivity contribution in [3.63, 3.8) is 0 Å². The van der Waals surface area contributed by atoms with Crippen LogP contribution in [0.1, 0.15) is 51.0 Å². The number of nitrogens with one attached hydrogen (secondary N) is 1. The minimum absolute atomic E-state index is 0.0969. The molecule has 1 unspecified atom stereocenters. The number of methoxy groups -OCH3 is 1. The molecule has 2 amide bonds. The van der Waals surface area contributed by atoms with E-state index in [2.05, 4.69) is 5.32 Å². The molecule has 38 heavy (non-hydrogen) atoms. The highest BCUT2D eigenvalue weighted by Gasteiger charge is 2.33. The van der Waals surface area contributed by atoms with E-state index in [-0.39, 0.29) is 29.9 Å². The smallest absolute Gasteiger partial charge is 0.244 e. The SMILES string of the molecule is CCC(C(=O)NC1CCCCC1)N(CCc1ccccc1)C(=O)CN(c1cc(Cl)ccc1OC)S(C)(=O)=O. The summed E-state index contributed by atoms with van der Waals surface area (Å²) in [7, 11) is -2.47. The Balaban J connectivity index is 1.91. The first-order valence-electron chi connectivity index (χ1n) is 13.1. The van der Waals surface area contributed by atoms with Crippen molar-refractivity contribution < 1.29 is 22.7 Å². The fourth-order valence-electron chi connectivity index (χ4n) is 4.89. The van der Waals surface area contributed by atoms with E-state index in [0.29, 0.717) is 17.9 Å². The highest BCUT2D eigenvalue weighted by molar-refractivity contribution is 7.92. The molecule has 0 bridgehead atoms. The van der Waals surface area contributed by atoms with Crippen LogP contribution in [0.2, 0.25) is 5.02 Å². The average Bonchev–Trinajstić information content (AvgIpc) is 2.90. The quantitative estimate of drug-likeness (QED) is 0.412. The first-order valence-corrected chi connectivity index (χ1v) is 15.3. The molecule has 1 aliphatic rings. The van der Waals surface area contributed by atoms with Crippen LogP contribution in [0.15, 0.2) is 48.5 Å². The van der Waals surface area contributed by atoms with Crippen molar-refractivity contribution in [3.8, 4) is 5.75 Å². The molecule has 1 atom stereocenters. The van der Waals surface area contributed by atoms with Gasteiger partial charge in [0.15, 0.2) is 0 Å². The number of hydrogen-bond donors (Lipinski definition) is 1. The number of anilines is 1. The number of benzene rings is 2. The summed E-state index contributed by atoms with van der Waals surface area (Å²) >= 11 is 6.17. The van der Waals surface area contributed by atoms with Crippen molar-refractivity contribution in [2.45, 2.75) is 64.0 Å². The molecule has 0 heterocycles. The van der Waals surface area contributed by atoms with E-state index < -0.39 is 28.5 Å². The number of ether oxygens (including phenoxy) is 1. The van der Waals surface area contributed by atoms with Gasteiger partial charge in [-0.15, -0.1) is 0 Å². The minimum Gasteiger partial charge on any atom is -0.495 e. The molecule has 1 N–H and O–H groups in total. The van der Waals surface area contributed by atoms with Gasteiger partial charge in [-0.1, -0.05) is 68.1 Å². The van der Waals surface area contributed by atoms with Crippen LogP contribution in [-0.4, -0.2) is 63.7 Å². The van der Waals surface area contributed by atoms with Crippen molar-refractivity contribution in [2.75, 3.05) is 30.8 Å². The van der Waals surface area contributed by atoms with Gasteiger partial charge in [-0.25, -0.2) is 8.42 Å². The van der Waals surface area contributed by atoms with Crippen molar-refractivity contribution in [3.05, 3.63) is 59.1 Å². The summed E-state index contributed by atoms with van der Waals surface area (Å²) in [5, 5.41) is 3.45. The average molecular weight is 564 g/mol. The molecule has 0 saturated heterocycles. The fraction of sp³-hybridized carbons (Fsp3) is 0.500. The third-order valence-electron chi connectivity index (χ3n) is 6.91. The van der Waals surface area contributed by atoms with Gasteiger partial charge in [-0.05, 0) is 49.4 Å². The zero-order valence-electron chi connectivity index (χ0n) is 22.4. The van der Waals surface area contributed by atoms with Gasteiger partial charge in [-0.2, -0.15) is 0 Å². The third-order valence-corrected chi connectivity index (χ3v) is 8.27. The van der Waals surface area contributed by atoms with Gasteiger partial charge < -0.3 is 15.0 Å². The van der Waals surface area contributed by atoms with Crippen LogP contribution in [0.4, 0.5) is 5.69 Å². The Hall–Kier alpha value is -2.78. The predicted molar refractivity (Wildman–Crippen MR) is 151 cm³/mol. The lowest BCUT2D eigenvalue weighted by molar-refractivity contribution is -0.140. The van der Waals surface area contributed by atoms with Gasteiger partial charge >= 0.3 is 0 Å². The molecule has 1 saturated carbocycles. The summed E-state index contributed by atoms with van der Waals surface area (Å²) in [5.74, 6) is -0.406. The molecule has 1 fully saturated rings. The van der Waals surface area contributed by atoms with Gasteiger partial charge in [-0.3, -0.25) is 13.9 Å². The number of amides is 2. The minimum atomic E-state index is -3.89. The Kier molecular flexibility index (Phi) is 10.8. The van der Waals surface area contributed by atoms with Crippen LogP contribution in [0.25, 0.3) is 0 Å². The molecule has 0 aromatic heterocycles. The Bertz CT molecular complexity index is 1190. The second-order valence-electron chi connectivity index (χ2n) is 9.68. The molecule has 0 aliphatic heterocycles. The van der Waals surface area contributed by atoms with Gasteiger partial charge in [0.2, 0.25) is 21.8 Å². The lowest BCUT2D eigenvalue weighted by Crippen LogP contribution is -2.54. The molecule has 2 aromatic carbocycles. The van der Waals surface area contributed by atoms with E-state index in [4.69, 9.17) is 16.3 Å². The van der Waals surface area contributed by atoms with Crippen molar-refractivity contribution >= 4 is 39.1 Å². The molecule has 10 heteroatoms. The molecule has 1 aliphatic carbocycles. The summed E-state index contributed by atoms with van der Waals surface area (Å²) in [6.45, 7) is 1.64. The Morgan fingerprint density at radius 3 is 2.39 bits per heavy atom. The lowest BCUT2D eigenvalue weighted by atomic mass is 9.95. The molecular weight excluding hydrogens is 526 g/mol. The molecule has 0 radical (unpaired) electrons. The number of sulfonamides is 1. The lowest BCUT2D eigenvalue weighted by Gasteiger charge is -2.34. The van der Waals surface area contributed by atoms with Crippen molar-refractivity contribution in [1.82, 2.24) is 10.2 Å². The monoisotopic (exact) mass is 563 g/mol. The zero-order chi connectivity index (χ0) is 27.7. The first kappa shape index (κ1) is 29.8. The van der Waals surface area contributed by atoms with E-state index in [1.807, 2.05) is 37.3 Å². The molecule has 8 nitrogen and oxygen atoms in total. The Morgan fingerprint density at radius 1 is 1.11 bits per heavy atom. The van der Waals surface area contributed by atoms with Crippen LogP contribution in [0.5, 0.6) is 5.75 Å². The van der Waals surface area contributed by atoms with Crippen LogP contribution in [-0.2, 0) is 26.0 Å². The fourth-order valence-corrected chi connectivity index (χ4v) is 5.90. The second-order valence-corrected chi connectivity index (χ2v) is 12.0. The van der Waals surface area contributed by atoms with E-state index in [1.165, 1.54) is 24.5 Å². The van der Waals surface area contributed by atoms with Crippen molar-refractivity contribution in [2.24, 2.45) is 0 Å². The third kappa shape index (κ3) is 8.11. The maximum absolute atomic E-state index is 13.8. The van der Waals surface area contributed by atoms with Gasteiger partial charge in [0.05, 0.1) is 19.1 Å². The summed E-state index contributed by atoms with van der Waals surface area (Å²) < 4.78 is 32.1. The molecule has 3 rings (SSSR count). The highest BCUT2D eigenvalue weighted by atomic mass is 35.5. The van der Waals surface area contributed by atoms with Crippen LogP contribution < -0.4 is 14.4 Å². The standard InChI is InChI=1S/C28H38ClN3O5S/c1-4-24(28(34)30-23-13-9-6-10-14-23)31(18-17-21-11-7-5-8-12-21)27(33)20-32(38(3,35)36)25-19-22(29)15-16-26(25)37-2/h5,7-8,11-12,15-16,19,23-24H,4,6,9-10,13-14,17-18,20H2,1-3H3,(H,30,34). The summed E-state index contributed by atoms with van der Waals surface area (Å²) in [6.07, 6.45) is 7.12. The molecular formula is C28H38ClN3O5S. The normalized spacial score (nSPS) is 14.9. The Morgan fingerprint density at radius 2 is 1.79 bits per heavy atom. The van der Waals surface area contributed by atoms with Gasteiger partial charge in [0, 0.05) is 17.6 Å². The van der Waals surface area contributed by atoms with E-state index in [1.54, 1.807) is 12.1 Å². The number of rotatable bonds is 12. The van der Waals surface area contributed by atoms with Crippen LogP contribution >= 0.6 is 11.6 Å². The summed E-state index contributed by atoms with van der Waals surface area (Å²) in [6, 6.07) is 13.7. The Labute approximate surface area is 231 Å².